The van der Waals surface area contributed by atoms with Gasteiger partial charge >= 0.3 is 6.03 Å². The van der Waals surface area contributed by atoms with Crippen molar-refractivity contribution in [2.75, 3.05) is 0 Å². The molecule has 0 radical (unpaired) electrons. The molecule has 3 N–H and O–H groups in total. The molecule has 1 aromatic heterocycles. The molecule has 5 rings (SSSR count). The molecule has 2 heterocycles. The van der Waals surface area contributed by atoms with Crippen molar-refractivity contribution in [2.24, 2.45) is 11.7 Å². The van der Waals surface area contributed by atoms with Gasteiger partial charge in [-0.2, -0.15) is 0 Å². The van der Waals surface area contributed by atoms with Gasteiger partial charge in [-0.1, -0.05) is 41.9 Å². The minimum Gasteiger partial charge on any atom is -0.351 e. The summed E-state index contributed by atoms with van der Waals surface area (Å²) in [4.78, 5) is 40.2. The lowest BCUT2D eigenvalue weighted by Gasteiger charge is -2.27. The summed E-state index contributed by atoms with van der Waals surface area (Å²) in [6.07, 6.45) is 1.52. The summed E-state index contributed by atoms with van der Waals surface area (Å²) in [6.45, 7) is 1.76. The highest BCUT2D eigenvalue weighted by Crippen LogP contribution is 2.48. The highest BCUT2D eigenvalue weighted by molar-refractivity contribution is 6.30. The van der Waals surface area contributed by atoms with E-state index in [4.69, 9.17) is 17.3 Å². The van der Waals surface area contributed by atoms with E-state index in [2.05, 4.69) is 5.32 Å². The van der Waals surface area contributed by atoms with Crippen LogP contribution in [0.25, 0.3) is 10.9 Å². The second-order valence-corrected chi connectivity index (χ2v) is 9.39. The zero-order valence-electron chi connectivity index (χ0n) is 18.6. The highest BCUT2D eigenvalue weighted by atomic mass is 35.5. The SMILES string of the molecule is Cc1c(CC(=O)N2C3CC3C[C@H]2C(=O)NCc2cccc(Cl)c2F)c2ccccc2n1C(N)=O. The van der Waals surface area contributed by atoms with Crippen LogP contribution in [0.1, 0.15) is 29.7 Å². The van der Waals surface area contributed by atoms with E-state index in [1.54, 1.807) is 30.0 Å². The normalized spacial score (nSPS) is 20.9. The Morgan fingerprint density at radius 2 is 1.91 bits per heavy atom. The minimum absolute atomic E-state index is 0.00356. The quantitative estimate of drug-likeness (QED) is 0.582. The fourth-order valence-electron chi connectivity index (χ4n) is 5.22. The van der Waals surface area contributed by atoms with Gasteiger partial charge in [0.1, 0.15) is 11.9 Å². The number of carbonyl (C=O) groups is 3. The molecule has 9 heteroatoms. The van der Waals surface area contributed by atoms with Gasteiger partial charge in [0.25, 0.3) is 0 Å². The van der Waals surface area contributed by atoms with Crippen LogP contribution in [0.3, 0.4) is 0 Å². The van der Waals surface area contributed by atoms with E-state index in [9.17, 15) is 18.8 Å². The molecule has 176 valence electrons. The Kier molecular flexibility index (Phi) is 5.56. The Hall–Kier alpha value is -3.39. The largest absolute Gasteiger partial charge is 0.351 e. The van der Waals surface area contributed by atoms with Gasteiger partial charge in [0, 0.05) is 29.2 Å². The third-order valence-electron chi connectivity index (χ3n) is 6.97. The maximum atomic E-state index is 14.2. The van der Waals surface area contributed by atoms with Crippen molar-refractivity contribution >= 4 is 40.3 Å². The number of piperidine rings is 1. The molecule has 3 amide bonds. The molecule has 2 unspecified atom stereocenters. The molecule has 3 atom stereocenters. The number of para-hydroxylation sites is 1. The molecule has 2 aliphatic rings. The van der Waals surface area contributed by atoms with Crippen LogP contribution in [0.2, 0.25) is 5.02 Å². The molecule has 0 spiro atoms. The van der Waals surface area contributed by atoms with E-state index in [-0.39, 0.29) is 41.4 Å². The van der Waals surface area contributed by atoms with E-state index in [0.717, 1.165) is 17.4 Å². The van der Waals surface area contributed by atoms with Crippen LogP contribution >= 0.6 is 11.6 Å². The fourth-order valence-corrected chi connectivity index (χ4v) is 5.41. The van der Waals surface area contributed by atoms with Crippen LogP contribution in [0.5, 0.6) is 0 Å². The molecule has 34 heavy (non-hydrogen) atoms. The van der Waals surface area contributed by atoms with Crippen molar-refractivity contribution < 1.29 is 18.8 Å². The van der Waals surface area contributed by atoms with Crippen LogP contribution in [0.15, 0.2) is 42.5 Å². The molecule has 1 saturated heterocycles. The standard InChI is InChI=1S/C25H24ClFN4O3/c1-13-17(16-6-2-3-8-19(16)30(13)25(28)34)11-22(32)31-20-9-15(20)10-21(31)24(33)29-12-14-5-4-7-18(26)23(14)27/h2-8,15,20-21H,9-12H2,1H3,(H2,28,34)(H,29,33)/t15?,20?,21-/m0/s1. The average molecular weight is 483 g/mol. The van der Waals surface area contributed by atoms with Crippen LogP contribution in [-0.2, 0) is 22.6 Å². The van der Waals surface area contributed by atoms with Crippen LogP contribution < -0.4 is 11.1 Å². The number of aromatic nitrogens is 1. The molecule has 1 saturated carbocycles. The Morgan fingerprint density at radius 3 is 2.68 bits per heavy atom. The number of amides is 3. The number of nitrogens with two attached hydrogens (primary N) is 1. The van der Waals surface area contributed by atoms with Crippen molar-refractivity contribution in [1.29, 1.82) is 0 Å². The monoisotopic (exact) mass is 482 g/mol. The van der Waals surface area contributed by atoms with Crippen molar-refractivity contribution in [3.05, 3.63) is 70.1 Å². The Morgan fingerprint density at radius 1 is 1.15 bits per heavy atom. The van der Waals surface area contributed by atoms with Crippen molar-refractivity contribution in [3.63, 3.8) is 0 Å². The summed E-state index contributed by atoms with van der Waals surface area (Å²) in [5.74, 6) is -0.741. The first-order valence-corrected chi connectivity index (χ1v) is 11.6. The molecule has 1 aliphatic heterocycles. The molecule has 2 fully saturated rings. The Balaban J connectivity index is 1.36. The summed E-state index contributed by atoms with van der Waals surface area (Å²) < 4.78 is 15.6. The van der Waals surface area contributed by atoms with E-state index >= 15 is 0 Å². The predicted octanol–water partition coefficient (Wildman–Crippen LogP) is 3.52. The van der Waals surface area contributed by atoms with E-state index in [1.807, 2.05) is 18.2 Å². The number of nitrogens with one attached hydrogen (secondary N) is 1. The second kappa shape index (κ2) is 8.43. The predicted molar refractivity (Wildman–Crippen MR) is 126 cm³/mol. The molecule has 7 nitrogen and oxygen atoms in total. The Labute approximate surface area is 200 Å². The Bertz CT molecular complexity index is 1340. The van der Waals surface area contributed by atoms with Crippen molar-refractivity contribution in [3.8, 4) is 0 Å². The third-order valence-corrected chi connectivity index (χ3v) is 7.26. The van der Waals surface area contributed by atoms with Crippen molar-refractivity contribution in [2.45, 2.75) is 44.8 Å². The molecule has 3 aromatic rings. The zero-order valence-corrected chi connectivity index (χ0v) is 19.3. The number of fused-ring (bicyclic) bond motifs is 2. The first-order chi connectivity index (χ1) is 16.3. The topological polar surface area (TPSA) is 97.4 Å². The second-order valence-electron chi connectivity index (χ2n) is 8.98. The van der Waals surface area contributed by atoms with Crippen LogP contribution in [0, 0.1) is 18.7 Å². The molecular weight excluding hydrogens is 459 g/mol. The maximum Gasteiger partial charge on any atom is 0.323 e. The van der Waals surface area contributed by atoms with Gasteiger partial charge in [-0.15, -0.1) is 0 Å². The summed E-state index contributed by atoms with van der Waals surface area (Å²) in [6, 6.07) is 10.8. The average Bonchev–Trinajstić information content (AvgIpc) is 3.37. The van der Waals surface area contributed by atoms with E-state index in [1.165, 1.54) is 10.6 Å². The molecule has 2 aromatic carbocycles. The van der Waals surface area contributed by atoms with Gasteiger partial charge in [-0.25, -0.2) is 9.18 Å². The fraction of sp³-hybridized carbons (Fsp3) is 0.320. The van der Waals surface area contributed by atoms with Gasteiger partial charge < -0.3 is 16.0 Å². The lowest BCUT2D eigenvalue weighted by atomic mass is 10.1. The lowest BCUT2D eigenvalue weighted by Crippen LogP contribution is -2.48. The van der Waals surface area contributed by atoms with Gasteiger partial charge in [0.05, 0.1) is 17.0 Å². The zero-order chi connectivity index (χ0) is 24.1. The summed E-state index contributed by atoms with van der Waals surface area (Å²) in [5.41, 5.74) is 7.86. The summed E-state index contributed by atoms with van der Waals surface area (Å²) >= 11 is 5.83. The molecule has 1 aliphatic carbocycles. The summed E-state index contributed by atoms with van der Waals surface area (Å²) in [5, 5.41) is 3.55. The summed E-state index contributed by atoms with van der Waals surface area (Å²) in [7, 11) is 0. The van der Waals surface area contributed by atoms with Gasteiger partial charge in [0.2, 0.25) is 11.8 Å². The number of carbonyl (C=O) groups excluding carboxylic acids is 3. The first-order valence-electron chi connectivity index (χ1n) is 11.2. The number of rotatable bonds is 5. The van der Waals surface area contributed by atoms with Crippen LogP contribution in [0.4, 0.5) is 9.18 Å². The number of hydrogen-bond acceptors (Lipinski definition) is 3. The number of halogens is 2. The number of likely N-dealkylation sites (tertiary alicyclic amines) is 1. The van der Waals surface area contributed by atoms with Gasteiger partial charge in [-0.3, -0.25) is 14.2 Å². The van der Waals surface area contributed by atoms with Crippen LogP contribution in [-0.4, -0.2) is 39.4 Å². The smallest absolute Gasteiger partial charge is 0.323 e. The first kappa shape index (κ1) is 22.4. The highest BCUT2D eigenvalue weighted by Gasteiger charge is 2.55. The molecular formula is C25H24ClFN4O3. The number of primary amides is 1. The van der Waals surface area contributed by atoms with E-state index < -0.39 is 17.9 Å². The van der Waals surface area contributed by atoms with Gasteiger partial charge in [-0.05, 0) is 43.4 Å². The number of nitrogens with zero attached hydrogens (tertiary/aromatic N) is 2. The third kappa shape index (κ3) is 3.72. The maximum absolute atomic E-state index is 14.2. The lowest BCUT2D eigenvalue weighted by molar-refractivity contribution is -0.139. The van der Waals surface area contributed by atoms with Gasteiger partial charge in [0.15, 0.2) is 0 Å². The minimum atomic E-state index is -0.610. The number of benzene rings is 2. The van der Waals surface area contributed by atoms with E-state index in [0.29, 0.717) is 23.5 Å². The number of hydrogen-bond donors (Lipinski definition) is 2. The molecule has 0 bridgehead atoms. The van der Waals surface area contributed by atoms with Crippen molar-refractivity contribution in [1.82, 2.24) is 14.8 Å².